The summed E-state index contributed by atoms with van der Waals surface area (Å²) in [6, 6.07) is 6.83. The Hall–Kier alpha value is -1.02. The molecule has 0 radical (unpaired) electrons. The molecule has 17 heavy (non-hydrogen) atoms. The Labute approximate surface area is 104 Å². The van der Waals surface area contributed by atoms with Crippen LogP contribution in [0.2, 0.25) is 0 Å². The first-order chi connectivity index (χ1) is 8.22. The summed E-state index contributed by atoms with van der Waals surface area (Å²) < 4.78 is 5.76. The molecule has 1 unspecified atom stereocenters. The van der Waals surface area contributed by atoms with E-state index in [9.17, 15) is 0 Å². The van der Waals surface area contributed by atoms with Crippen molar-refractivity contribution in [2.45, 2.75) is 38.2 Å². The molecule has 0 aliphatic carbocycles. The van der Waals surface area contributed by atoms with Crippen molar-refractivity contribution in [1.82, 2.24) is 4.90 Å². The van der Waals surface area contributed by atoms with Crippen LogP contribution in [0.15, 0.2) is 18.2 Å². The summed E-state index contributed by atoms with van der Waals surface area (Å²) in [5, 5.41) is 0. The first-order valence-electron chi connectivity index (χ1n) is 6.70. The van der Waals surface area contributed by atoms with Crippen molar-refractivity contribution in [3.05, 3.63) is 29.3 Å². The van der Waals surface area contributed by atoms with Crippen molar-refractivity contribution in [2.75, 3.05) is 20.1 Å². The SMILES string of the molecule is CC1Cc2cc(C3CCN(C)CC3)ccc2O1. The summed E-state index contributed by atoms with van der Waals surface area (Å²) in [6.07, 6.45) is 4.03. The van der Waals surface area contributed by atoms with E-state index in [1.54, 1.807) is 0 Å². The van der Waals surface area contributed by atoms with Crippen molar-refractivity contribution < 1.29 is 4.74 Å². The molecule has 2 aliphatic heterocycles. The smallest absolute Gasteiger partial charge is 0.123 e. The largest absolute Gasteiger partial charge is 0.490 e. The van der Waals surface area contributed by atoms with Gasteiger partial charge in [0.1, 0.15) is 11.9 Å². The lowest BCUT2D eigenvalue weighted by Crippen LogP contribution is -2.29. The van der Waals surface area contributed by atoms with Crippen LogP contribution in [0.3, 0.4) is 0 Å². The third kappa shape index (κ3) is 2.19. The van der Waals surface area contributed by atoms with Crippen LogP contribution in [0, 0.1) is 0 Å². The van der Waals surface area contributed by atoms with Gasteiger partial charge in [-0.3, -0.25) is 0 Å². The normalized spacial score (nSPS) is 25.6. The number of hydrogen-bond acceptors (Lipinski definition) is 2. The lowest BCUT2D eigenvalue weighted by Gasteiger charge is -2.29. The minimum absolute atomic E-state index is 0.359. The zero-order chi connectivity index (χ0) is 11.8. The number of rotatable bonds is 1. The van der Waals surface area contributed by atoms with Gasteiger partial charge in [0.05, 0.1) is 0 Å². The predicted octanol–water partition coefficient (Wildman–Crippen LogP) is 2.82. The highest BCUT2D eigenvalue weighted by molar-refractivity contribution is 5.41. The number of hydrogen-bond donors (Lipinski definition) is 0. The van der Waals surface area contributed by atoms with Gasteiger partial charge in [-0.05, 0) is 63.0 Å². The second kappa shape index (κ2) is 4.34. The molecule has 2 aliphatic rings. The average molecular weight is 231 g/mol. The number of benzene rings is 1. The van der Waals surface area contributed by atoms with E-state index < -0.39 is 0 Å². The predicted molar refractivity (Wildman–Crippen MR) is 69.7 cm³/mol. The molecule has 2 heterocycles. The Bertz CT molecular complexity index is 407. The van der Waals surface area contributed by atoms with E-state index >= 15 is 0 Å². The summed E-state index contributed by atoms with van der Waals surface area (Å²) in [4.78, 5) is 2.43. The molecule has 0 N–H and O–H groups in total. The first-order valence-corrected chi connectivity index (χ1v) is 6.70. The van der Waals surface area contributed by atoms with Crippen LogP contribution >= 0.6 is 0 Å². The lowest BCUT2D eigenvalue weighted by atomic mass is 9.88. The summed E-state index contributed by atoms with van der Waals surface area (Å²) in [5.74, 6) is 1.86. The van der Waals surface area contributed by atoms with E-state index in [0.29, 0.717) is 6.10 Å². The summed E-state index contributed by atoms with van der Waals surface area (Å²) in [6.45, 7) is 4.61. The van der Waals surface area contributed by atoms with Crippen molar-refractivity contribution in [2.24, 2.45) is 0 Å². The molecule has 1 aromatic rings. The van der Waals surface area contributed by atoms with Crippen molar-refractivity contribution in [3.8, 4) is 5.75 Å². The molecular weight excluding hydrogens is 210 g/mol. The third-order valence-electron chi connectivity index (χ3n) is 4.11. The molecule has 3 rings (SSSR count). The van der Waals surface area contributed by atoms with Gasteiger partial charge in [-0.1, -0.05) is 12.1 Å². The average Bonchev–Trinajstić information content (AvgIpc) is 2.69. The minimum atomic E-state index is 0.359. The van der Waals surface area contributed by atoms with Crippen LogP contribution in [0.1, 0.15) is 36.8 Å². The van der Waals surface area contributed by atoms with E-state index in [-0.39, 0.29) is 0 Å². The zero-order valence-corrected chi connectivity index (χ0v) is 10.8. The Kier molecular flexibility index (Phi) is 2.83. The molecule has 2 heteroatoms. The molecule has 92 valence electrons. The Morgan fingerprint density at radius 2 is 2.00 bits per heavy atom. The van der Waals surface area contributed by atoms with Crippen LogP contribution in [0.4, 0.5) is 0 Å². The monoisotopic (exact) mass is 231 g/mol. The molecule has 1 atom stereocenters. The maximum atomic E-state index is 5.76. The molecule has 0 amide bonds. The second-order valence-electron chi connectivity index (χ2n) is 5.58. The van der Waals surface area contributed by atoms with Crippen LogP contribution in [0.5, 0.6) is 5.75 Å². The molecular formula is C15H21NO. The lowest BCUT2D eigenvalue weighted by molar-refractivity contribution is 0.254. The molecule has 1 saturated heterocycles. The third-order valence-corrected chi connectivity index (χ3v) is 4.11. The molecule has 0 bridgehead atoms. The van der Waals surface area contributed by atoms with Crippen molar-refractivity contribution >= 4 is 0 Å². The van der Waals surface area contributed by atoms with Gasteiger partial charge in [-0.15, -0.1) is 0 Å². The van der Waals surface area contributed by atoms with E-state index in [1.165, 1.54) is 37.1 Å². The highest BCUT2D eigenvalue weighted by Crippen LogP contribution is 2.34. The molecule has 0 saturated carbocycles. The van der Waals surface area contributed by atoms with Crippen molar-refractivity contribution in [1.29, 1.82) is 0 Å². The Morgan fingerprint density at radius 3 is 2.76 bits per heavy atom. The summed E-state index contributed by atoms with van der Waals surface area (Å²) >= 11 is 0. The number of piperidine rings is 1. The van der Waals surface area contributed by atoms with Crippen LogP contribution < -0.4 is 4.74 Å². The number of nitrogens with zero attached hydrogens (tertiary/aromatic N) is 1. The van der Waals surface area contributed by atoms with E-state index in [1.807, 2.05) is 0 Å². The van der Waals surface area contributed by atoms with Gasteiger partial charge in [0.15, 0.2) is 0 Å². The van der Waals surface area contributed by atoms with E-state index in [4.69, 9.17) is 4.74 Å². The quantitative estimate of drug-likeness (QED) is 0.737. The fourth-order valence-electron chi connectivity index (χ4n) is 3.04. The van der Waals surface area contributed by atoms with Crippen LogP contribution in [-0.4, -0.2) is 31.1 Å². The number of ether oxygens (including phenoxy) is 1. The highest BCUT2D eigenvalue weighted by Gasteiger charge is 2.23. The Balaban J connectivity index is 1.78. The molecule has 2 nitrogen and oxygen atoms in total. The molecule has 0 spiro atoms. The number of fused-ring (bicyclic) bond motifs is 1. The van der Waals surface area contributed by atoms with Gasteiger partial charge in [0, 0.05) is 6.42 Å². The van der Waals surface area contributed by atoms with Crippen LogP contribution in [-0.2, 0) is 6.42 Å². The summed E-state index contributed by atoms with van der Waals surface area (Å²) in [5.41, 5.74) is 2.93. The first kappa shape index (κ1) is 11.1. The fourth-order valence-corrected chi connectivity index (χ4v) is 3.04. The van der Waals surface area contributed by atoms with Gasteiger partial charge < -0.3 is 9.64 Å². The maximum Gasteiger partial charge on any atom is 0.123 e. The minimum Gasteiger partial charge on any atom is -0.490 e. The van der Waals surface area contributed by atoms with Crippen LogP contribution in [0.25, 0.3) is 0 Å². The molecule has 1 fully saturated rings. The number of likely N-dealkylation sites (tertiary alicyclic amines) is 1. The van der Waals surface area contributed by atoms with Gasteiger partial charge in [-0.25, -0.2) is 0 Å². The van der Waals surface area contributed by atoms with E-state index in [2.05, 4.69) is 37.1 Å². The Morgan fingerprint density at radius 1 is 1.24 bits per heavy atom. The highest BCUT2D eigenvalue weighted by atomic mass is 16.5. The topological polar surface area (TPSA) is 12.5 Å². The van der Waals surface area contributed by atoms with Gasteiger partial charge in [0.25, 0.3) is 0 Å². The molecule has 0 aromatic heterocycles. The fraction of sp³-hybridized carbons (Fsp3) is 0.600. The van der Waals surface area contributed by atoms with Crippen molar-refractivity contribution in [3.63, 3.8) is 0 Å². The molecule has 1 aromatic carbocycles. The summed E-state index contributed by atoms with van der Waals surface area (Å²) in [7, 11) is 2.22. The maximum absolute atomic E-state index is 5.76. The zero-order valence-electron chi connectivity index (χ0n) is 10.8. The van der Waals surface area contributed by atoms with Gasteiger partial charge >= 0.3 is 0 Å². The second-order valence-corrected chi connectivity index (χ2v) is 5.58. The van der Waals surface area contributed by atoms with E-state index in [0.717, 1.165) is 18.1 Å². The van der Waals surface area contributed by atoms with Gasteiger partial charge in [0.2, 0.25) is 0 Å². The van der Waals surface area contributed by atoms with Gasteiger partial charge in [-0.2, -0.15) is 0 Å². The standard InChI is InChI=1S/C15H21NO/c1-11-9-14-10-13(3-4-15(14)17-11)12-5-7-16(2)8-6-12/h3-4,10-12H,5-9H2,1-2H3.